The summed E-state index contributed by atoms with van der Waals surface area (Å²) >= 11 is 0. The molecule has 0 spiro atoms. The predicted octanol–water partition coefficient (Wildman–Crippen LogP) is -6.25. The van der Waals surface area contributed by atoms with E-state index in [1.165, 1.54) is 4.72 Å². The number of nitrogens with one attached hydrogen (secondary N) is 1. The maximum Gasteiger partial charge on any atom is 0.397 e. The fraction of sp³-hybridized carbons (Fsp3) is 0.917. The Balaban J connectivity index is 2.53. The number of hydrogen-bond acceptors (Lipinski definition) is 16. The van der Waals surface area contributed by atoms with E-state index < -0.39 is 105 Å². The molecular formula is C12H21NO20S3. The minimum absolute atomic E-state index is 1.27. The monoisotopic (exact) mass is 595 g/mol. The Kier molecular flexibility index (Phi) is 9.71. The Hall–Kier alpha value is -1.20. The predicted molar refractivity (Wildman–Crippen MR) is 102 cm³/mol. The standard InChI is InChI=1S/C12H21NO20S3/c14-4-5(15)9(10(17)18)32-12(6(4)16)31-7-2(1-29-35(23,24)25)30-11(19)3(13-34(20,21)22)8(7)33-36(26,27)28/h2-9,11-16,19H,1H2,(H,17,18)(H,20,21,22)(H,23,24,25)(H,26,27,28)/t2-,3-,4+,5+,6-,7-,8-,9+,11?,12-/m1/s1. The third kappa shape index (κ3) is 8.41. The van der Waals surface area contributed by atoms with E-state index in [1.807, 2.05) is 0 Å². The van der Waals surface area contributed by atoms with E-state index in [2.05, 4.69) is 8.37 Å². The van der Waals surface area contributed by atoms with Crippen molar-refractivity contribution < 1.29 is 91.8 Å². The summed E-state index contributed by atoms with van der Waals surface area (Å²) in [6.07, 6.45) is -20.9. The van der Waals surface area contributed by atoms with Gasteiger partial charge in [-0.1, -0.05) is 0 Å². The molecule has 2 aliphatic heterocycles. The first kappa shape index (κ1) is 31.0. The SMILES string of the molecule is O=C(O)[C@H]1O[C@@H](O[C@H]2[C@H](OS(=O)(=O)O)[C@@H](NS(=O)(=O)O)C(O)O[C@@H]2COS(=O)(=O)O)[C@H](O)[C@@H](O)[C@@H]1O. The summed E-state index contributed by atoms with van der Waals surface area (Å²) in [5.74, 6) is -1.89. The number of rotatable bonds is 10. The van der Waals surface area contributed by atoms with Crippen molar-refractivity contribution in [2.75, 3.05) is 6.61 Å². The molecule has 2 rings (SSSR count). The lowest BCUT2D eigenvalue weighted by molar-refractivity contribution is -0.337. The van der Waals surface area contributed by atoms with Gasteiger partial charge in [0.25, 0.3) is 0 Å². The summed E-state index contributed by atoms with van der Waals surface area (Å²) in [5, 5.41) is 49.0. The zero-order chi connectivity index (χ0) is 27.8. The van der Waals surface area contributed by atoms with Crippen LogP contribution in [0.3, 0.4) is 0 Å². The van der Waals surface area contributed by atoms with Crippen LogP contribution < -0.4 is 4.72 Å². The fourth-order valence-corrected chi connectivity index (χ4v) is 4.65. The second-order valence-electron chi connectivity index (χ2n) is 7.22. The Morgan fingerprint density at radius 1 is 0.833 bits per heavy atom. The van der Waals surface area contributed by atoms with Crippen molar-refractivity contribution in [3.63, 3.8) is 0 Å². The highest BCUT2D eigenvalue weighted by Gasteiger charge is 2.54. The molecule has 21 nitrogen and oxygen atoms in total. The van der Waals surface area contributed by atoms with Gasteiger partial charge in [0, 0.05) is 0 Å². The second kappa shape index (κ2) is 11.3. The molecule has 0 aliphatic carbocycles. The molecule has 2 saturated heterocycles. The minimum Gasteiger partial charge on any atom is -0.479 e. The van der Waals surface area contributed by atoms with Crippen molar-refractivity contribution in [3.8, 4) is 0 Å². The lowest BCUT2D eigenvalue weighted by Gasteiger charge is -2.46. The number of hydrogen-bond donors (Lipinski definition) is 9. The topological polar surface area (TPSA) is 340 Å². The number of ether oxygens (including phenoxy) is 3. The molecule has 10 atom stereocenters. The van der Waals surface area contributed by atoms with E-state index in [-0.39, 0.29) is 0 Å². The van der Waals surface area contributed by atoms with Gasteiger partial charge in [0.2, 0.25) is 0 Å². The summed E-state index contributed by atoms with van der Waals surface area (Å²) < 4.78 is 119. The second-order valence-corrected chi connectivity index (χ2v) is 10.5. The average Bonchev–Trinajstić information content (AvgIpc) is 2.68. The Morgan fingerprint density at radius 3 is 1.89 bits per heavy atom. The van der Waals surface area contributed by atoms with Gasteiger partial charge in [-0.2, -0.15) is 30.0 Å². The molecule has 24 heteroatoms. The van der Waals surface area contributed by atoms with Crippen molar-refractivity contribution in [2.24, 2.45) is 0 Å². The van der Waals surface area contributed by atoms with Crippen molar-refractivity contribution in [1.29, 1.82) is 0 Å². The van der Waals surface area contributed by atoms with E-state index >= 15 is 0 Å². The first-order chi connectivity index (χ1) is 16.2. The smallest absolute Gasteiger partial charge is 0.397 e. The molecule has 0 aromatic heterocycles. The van der Waals surface area contributed by atoms with E-state index in [0.717, 1.165) is 0 Å². The number of carboxylic acid groups (broad SMARTS) is 1. The highest BCUT2D eigenvalue weighted by molar-refractivity contribution is 7.83. The van der Waals surface area contributed by atoms with Crippen LogP contribution in [0.1, 0.15) is 0 Å². The van der Waals surface area contributed by atoms with Gasteiger partial charge < -0.3 is 39.7 Å². The number of carboxylic acids is 1. The number of aliphatic hydroxyl groups is 4. The molecular weight excluding hydrogens is 574 g/mol. The van der Waals surface area contributed by atoms with Crippen LogP contribution in [-0.2, 0) is 58.5 Å². The van der Waals surface area contributed by atoms with Crippen molar-refractivity contribution in [2.45, 2.75) is 61.3 Å². The van der Waals surface area contributed by atoms with Gasteiger partial charge in [0.05, 0.1) is 6.61 Å². The molecule has 2 aliphatic rings. The molecule has 0 amide bonds. The van der Waals surface area contributed by atoms with Gasteiger partial charge in [-0.15, -0.1) is 0 Å². The highest BCUT2D eigenvalue weighted by atomic mass is 32.3. The molecule has 2 heterocycles. The average molecular weight is 595 g/mol. The Labute approximate surface area is 201 Å². The zero-order valence-electron chi connectivity index (χ0n) is 17.2. The van der Waals surface area contributed by atoms with Gasteiger partial charge >= 0.3 is 37.1 Å². The molecule has 9 N–H and O–H groups in total. The summed E-state index contributed by atoms with van der Waals surface area (Å²) in [6, 6.07) is -2.39. The van der Waals surface area contributed by atoms with Crippen LogP contribution in [0.4, 0.5) is 0 Å². The van der Waals surface area contributed by atoms with Crippen molar-refractivity contribution in [1.82, 2.24) is 4.72 Å². The van der Waals surface area contributed by atoms with Crippen molar-refractivity contribution >= 4 is 37.1 Å². The lowest BCUT2D eigenvalue weighted by Crippen LogP contribution is -2.68. The first-order valence-corrected chi connectivity index (χ1v) is 13.3. The van der Waals surface area contributed by atoms with Gasteiger partial charge in [-0.05, 0) is 0 Å². The molecule has 36 heavy (non-hydrogen) atoms. The number of aliphatic hydroxyl groups excluding tert-OH is 4. The van der Waals surface area contributed by atoms with E-state index in [4.69, 9.17) is 33.0 Å². The molecule has 0 radical (unpaired) electrons. The zero-order valence-corrected chi connectivity index (χ0v) is 19.6. The third-order valence-corrected chi connectivity index (χ3v) is 6.14. The molecule has 212 valence electrons. The summed E-state index contributed by atoms with van der Waals surface area (Å²) in [7, 11) is -16.1. The normalized spacial score (nSPS) is 38.5. The molecule has 0 aromatic carbocycles. The molecule has 0 aromatic rings. The molecule has 0 saturated carbocycles. The van der Waals surface area contributed by atoms with E-state index in [1.54, 1.807) is 0 Å². The quantitative estimate of drug-likeness (QED) is 0.106. The third-order valence-electron chi connectivity index (χ3n) is 4.67. The fourth-order valence-electron chi connectivity index (χ4n) is 3.24. The highest BCUT2D eigenvalue weighted by Crippen LogP contribution is 2.31. The summed E-state index contributed by atoms with van der Waals surface area (Å²) in [5.41, 5.74) is 0. The summed E-state index contributed by atoms with van der Waals surface area (Å²) in [6.45, 7) is -1.36. The Bertz CT molecular complexity index is 1110. The van der Waals surface area contributed by atoms with Crippen LogP contribution in [0.5, 0.6) is 0 Å². The van der Waals surface area contributed by atoms with Crippen LogP contribution in [0.2, 0.25) is 0 Å². The van der Waals surface area contributed by atoms with Crippen LogP contribution >= 0.6 is 0 Å². The van der Waals surface area contributed by atoms with Gasteiger partial charge in [-0.3, -0.25) is 13.7 Å². The van der Waals surface area contributed by atoms with Crippen LogP contribution in [0, 0.1) is 0 Å². The molecule has 1 unspecified atom stereocenters. The van der Waals surface area contributed by atoms with Gasteiger partial charge in [-0.25, -0.2) is 13.2 Å². The van der Waals surface area contributed by atoms with E-state index in [0.29, 0.717) is 0 Å². The largest absolute Gasteiger partial charge is 0.479 e. The van der Waals surface area contributed by atoms with E-state index in [9.17, 15) is 50.5 Å². The van der Waals surface area contributed by atoms with Crippen molar-refractivity contribution in [3.05, 3.63) is 0 Å². The maximum atomic E-state index is 11.4. The maximum absolute atomic E-state index is 11.4. The minimum atomic E-state index is -5.59. The van der Waals surface area contributed by atoms with Gasteiger partial charge in [0.1, 0.15) is 42.7 Å². The molecule has 2 fully saturated rings. The van der Waals surface area contributed by atoms with Gasteiger partial charge in [0.15, 0.2) is 18.7 Å². The lowest BCUT2D eigenvalue weighted by atomic mass is 9.96. The van der Waals surface area contributed by atoms with Crippen LogP contribution in [0.25, 0.3) is 0 Å². The van der Waals surface area contributed by atoms with Crippen LogP contribution in [0.15, 0.2) is 0 Å². The molecule has 0 bridgehead atoms. The van der Waals surface area contributed by atoms with Crippen LogP contribution in [-0.4, -0.2) is 138 Å². The summed E-state index contributed by atoms with van der Waals surface area (Å²) in [4.78, 5) is 11.3. The number of aliphatic carboxylic acids is 1. The Morgan fingerprint density at radius 2 is 1.42 bits per heavy atom. The number of carbonyl (C=O) groups is 1. The first-order valence-electron chi connectivity index (χ1n) is 9.14.